The molecule has 2 aromatic rings. The Morgan fingerprint density at radius 3 is 2.09 bits per heavy atom. The van der Waals surface area contributed by atoms with Crippen molar-refractivity contribution in [3.63, 3.8) is 0 Å². The van der Waals surface area contributed by atoms with E-state index in [2.05, 4.69) is 5.32 Å². The zero-order valence-electron chi connectivity index (χ0n) is 12.3. The third-order valence-electron chi connectivity index (χ3n) is 3.28. The summed E-state index contributed by atoms with van der Waals surface area (Å²) in [6, 6.07) is 17.6. The third kappa shape index (κ3) is 4.06. The molecule has 1 atom stereocenters. The topological polar surface area (TPSA) is 72.2 Å². The number of nitrogens with one attached hydrogen (secondary N) is 1. The monoisotopic (exact) mass is 294 g/mol. The lowest BCUT2D eigenvalue weighted by Gasteiger charge is -2.15. The lowest BCUT2D eigenvalue weighted by atomic mass is 10.1. The fourth-order valence-corrected chi connectivity index (χ4v) is 2.13. The number of allylic oxidation sites excluding steroid dienone is 1. The number of carbonyl (C=O) groups excluding carboxylic acids is 2. The van der Waals surface area contributed by atoms with Gasteiger partial charge in [0.05, 0.1) is 0 Å². The summed E-state index contributed by atoms with van der Waals surface area (Å²) in [6.07, 6.45) is 1.47. The maximum Gasteiger partial charge on any atom is 0.245 e. The molecule has 3 N–H and O–H groups in total. The van der Waals surface area contributed by atoms with Crippen molar-refractivity contribution < 1.29 is 9.59 Å². The molecule has 0 aliphatic carbocycles. The van der Waals surface area contributed by atoms with Crippen LogP contribution in [0.5, 0.6) is 0 Å². The lowest BCUT2D eigenvalue weighted by Crippen LogP contribution is -2.36. The number of rotatable bonds is 5. The van der Waals surface area contributed by atoms with Gasteiger partial charge in [0.25, 0.3) is 0 Å². The molecule has 0 heterocycles. The van der Waals surface area contributed by atoms with E-state index >= 15 is 0 Å². The highest BCUT2D eigenvalue weighted by molar-refractivity contribution is 5.97. The number of primary amides is 1. The molecule has 0 spiro atoms. The van der Waals surface area contributed by atoms with Gasteiger partial charge >= 0.3 is 0 Å². The second kappa shape index (κ2) is 7.22. The van der Waals surface area contributed by atoms with Crippen molar-refractivity contribution in [2.75, 3.05) is 0 Å². The number of benzene rings is 2. The van der Waals surface area contributed by atoms with Gasteiger partial charge in [-0.05, 0) is 23.6 Å². The molecule has 4 heteroatoms. The summed E-state index contributed by atoms with van der Waals surface area (Å²) in [5.41, 5.74) is 7.81. The Hall–Kier alpha value is -2.88. The van der Waals surface area contributed by atoms with Gasteiger partial charge in [0.2, 0.25) is 11.8 Å². The second-order valence-corrected chi connectivity index (χ2v) is 4.95. The highest BCUT2D eigenvalue weighted by Crippen LogP contribution is 2.14. The van der Waals surface area contributed by atoms with E-state index in [0.29, 0.717) is 5.56 Å². The van der Waals surface area contributed by atoms with E-state index in [1.807, 2.05) is 43.3 Å². The van der Waals surface area contributed by atoms with E-state index in [0.717, 1.165) is 11.1 Å². The van der Waals surface area contributed by atoms with Crippen LogP contribution in [-0.2, 0) is 9.59 Å². The fraction of sp³-hybridized carbons (Fsp3) is 0.111. The van der Waals surface area contributed by atoms with Crippen LogP contribution >= 0.6 is 0 Å². The van der Waals surface area contributed by atoms with E-state index < -0.39 is 11.9 Å². The van der Waals surface area contributed by atoms with Crippen molar-refractivity contribution in [1.29, 1.82) is 0 Å². The molecule has 0 saturated heterocycles. The van der Waals surface area contributed by atoms with Crippen molar-refractivity contribution in [1.82, 2.24) is 5.32 Å². The highest BCUT2D eigenvalue weighted by atomic mass is 16.2. The Balaban J connectivity index is 2.14. The van der Waals surface area contributed by atoms with E-state index in [9.17, 15) is 9.59 Å². The molecule has 0 aliphatic rings. The minimum absolute atomic E-state index is 0.353. The van der Waals surface area contributed by atoms with Crippen molar-refractivity contribution in [3.05, 3.63) is 77.9 Å². The van der Waals surface area contributed by atoms with Gasteiger partial charge in [-0.15, -0.1) is 0 Å². The van der Waals surface area contributed by atoms with E-state index in [-0.39, 0.29) is 5.91 Å². The summed E-state index contributed by atoms with van der Waals surface area (Å²) >= 11 is 0. The molecule has 0 radical (unpaired) electrons. The minimum Gasteiger partial charge on any atom is -0.368 e. The average molecular weight is 294 g/mol. The first-order valence-corrected chi connectivity index (χ1v) is 6.96. The van der Waals surface area contributed by atoms with Gasteiger partial charge < -0.3 is 11.1 Å². The SMILES string of the molecule is CC(=CC(=O)NC(C(N)=O)c1ccccc1)c1ccccc1. The zero-order valence-corrected chi connectivity index (χ0v) is 12.3. The first-order chi connectivity index (χ1) is 10.6. The number of hydrogen-bond acceptors (Lipinski definition) is 2. The van der Waals surface area contributed by atoms with Crippen LogP contribution in [0, 0.1) is 0 Å². The van der Waals surface area contributed by atoms with Crippen molar-refractivity contribution >= 4 is 17.4 Å². The van der Waals surface area contributed by atoms with Crippen molar-refractivity contribution in [3.8, 4) is 0 Å². The summed E-state index contributed by atoms with van der Waals surface area (Å²) in [5, 5.41) is 2.64. The Kier molecular flexibility index (Phi) is 5.09. The predicted octanol–water partition coefficient (Wildman–Crippen LogP) is 2.43. The van der Waals surface area contributed by atoms with E-state index in [1.54, 1.807) is 24.3 Å². The largest absolute Gasteiger partial charge is 0.368 e. The Morgan fingerprint density at radius 2 is 1.55 bits per heavy atom. The van der Waals surface area contributed by atoms with Gasteiger partial charge in [0.1, 0.15) is 6.04 Å². The summed E-state index contributed by atoms with van der Waals surface area (Å²) < 4.78 is 0. The van der Waals surface area contributed by atoms with Crippen LogP contribution in [0.4, 0.5) is 0 Å². The maximum absolute atomic E-state index is 12.1. The number of amides is 2. The van der Waals surface area contributed by atoms with Crippen LogP contribution in [-0.4, -0.2) is 11.8 Å². The molecule has 0 fully saturated rings. The van der Waals surface area contributed by atoms with E-state index in [1.165, 1.54) is 6.08 Å². The molecule has 0 aliphatic heterocycles. The second-order valence-electron chi connectivity index (χ2n) is 4.95. The molecule has 4 nitrogen and oxygen atoms in total. The normalized spacial score (nSPS) is 12.5. The van der Waals surface area contributed by atoms with E-state index in [4.69, 9.17) is 5.73 Å². The molecule has 112 valence electrons. The summed E-state index contributed by atoms with van der Waals surface area (Å²) in [5.74, 6) is -0.945. The van der Waals surface area contributed by atoms with Crippen LogP contribution in [0.3, 0.4) is 0 Å². The van der Waals surface area contributed by atoms with Gasteiger partial charge in [0, 0.05) is 6.08 Å². The van der Waals surface area contributed by atoms with Crippen LogP contribution in [0.2, 0.25) is 0 Å². The Bertz CT molecular complexity index is 679. The standard InChI is InChI=1S/C18H18N2O2/c1-13(14-8-4-2-5-9-14)12-16(21)20-17(18(19)22)15-10-6-3-7-11-15/h2-12,17H,1H3,(H2,19,22)(H,20,21). The van der Waals surface area contributed by atoms with Crippen LogP contribution in [0.1, 0.15) is 24.1 Å². The summed E-state index contributed by atoms with van der Waals surface area (Å²) in [7, 11) is 0. The molecule has 2 rings (SSSR count). The van der Waals surface area contributed by atoms with Crippen molar-refractivity contribution in [2.24, 2.45) is 5.73 Å². The average Bonchev–Trinajstić information content (AvgIpc) is 2.54. The van der Waals surface area contributed by atoms with Crippen LogP contribution in [0.25, 0.3) is 5.57 Å². The lowest BCUT2D eigenvalue weighted by molar-refractivity contribution is -0.125. The highest BCUT2D eigenvalue weighted by Gasteiger charge is 2.19. The van der Waals surface area contributed by atoms with Gasteiger partial charge in [-0.25, -0.2) is 0 Å². The molecule has 22 heavy (non-hydrogen) atoms. The van der Waals surface area contributed by atoms with Gasteiger partial charge in [-0.2, -0.15) is 0 Å². The third-order valence-corrected chi connectivity index (χ3v) is 3.28. The first kappa shape index (κ1) is 15.5. The first-order valence-electron chi connectivity index (χ1n) is 6.96. The summed E-state index contributed by atoms with van der Waals surface area (Å²) in [6.45, 7) is 1.84. The fourth-order valence-electron chi connectivity index (χ4n) is 2.13. The molecule has 2 aromatic carbocycles. The molecule has 0 aromatic heterocycles. The minimum atomic E-state index is -0.839. The van der Waals surface area contributed by atoms with Crippen molar-refractivity contribution in [2.45, 2.75) is 13.0 Å². The maximum atomic E-state index is 12.1. The van der Waals surface area contributed by atoms with Crippen LogP contribution < -0.4 is 11.1 Å². The molecule has 2 amide bonds. The Labute approximate surface area is 129 Å². The molecular formula is C18H18N2O2. The number of carbonyl (C=O) groups is 2. The Morgan fingerprint density at radius 1 is 1.00 bits per heavy atom. The summed E-state index contributed by atoms with van der Waals surface area (Å²) in [4.78, 5) is 23.7. The van der Waals surface area contributed by atoms with Crippen LogP contribution in [0.15, 0.2) is 66.7 Å². The van der Waals surface area contributed by atoms with Gasteiger partial charge in [-0.1, -0.05) is 60.7 Å². The molecule has 1 unspecified atom stereocenters. The quantitative estimate of drug-likeness (QED) is 0.831. The molecular weight excluding hydrogens is 276 g/mol. The predicted molar refractivity (Wildman–Crippen MR) is 86.6 cm³/mol. The smallest absolute Gasteiger partial charge is 0.245 e. The molecule has 0 saturated carbocycles. The number of hydrogen-bond donors (Lipinski definition) is 2. The zero-order chi connectivity index (χ0) is 15.9. The van der Waals surface area contributed by atoms with Gasteiger partial charge in [-0.3, -0.25) is 9.59 Å². The number of nitrogens with two attached hydrogens (primary N) is 1. The van der Waals surface area contributed by atoms with Gasteiger partial charge in [0.15, 0.2) is 0 Å². The molecule has 0 bridgehead atoms.